The molecule has 0 radical (unpaired) electrons. The first-order valence-electron chi connectivity index (χ1n) is 8.72. The first-order chi connectivity index (χ1) is 10.3. The quantitative estimate of drug-likeness (QED) is 0.650. The van der Waals surface area contributed by atoms with E-state index in [1.54, 1.807) is 7.11 Å². The molecule has 0 saturated heterocycles. The molecule has 0 spiro atoms. The zero-order chi connectivity index (χ0) is 14.9. The third-order valence-electron chi connectivity index (χ3n) is 4.61. The van der Waals surface area contributed by atoms with Crippen LogP contribution in [-0.2, 0) is 12.8 Å². The minimum atomic E-state index is 0. The summed E-state index contributed by atoms with van der Waals surface area (Å²) in [5.74, 6) is 0.993. The largest absolute Gasteiger partial charge is 0.497 e. The van der Waals surface area contributed by atoms with Gasteiger partial charge < -0.3 is 10.1 Å². The number of halogens is 1. The fourth-order valence-corrected chi connectivity index (χ4v) is 3.24. The Morgan fingerprint density at radius 2 is 1.86 bits per heavy atom. The minimum Gasteiger partial charge on any atom is -0.497 e. The molecule has 1 aliphatic carbocycles. The van der Waals surface area contributed by atoms with Crippen molar-refractivity contribution >= 4 is 12.4 Å². The van der Waals surface area contributed by atoms with Crippen LogP contribution in [0.5, 0.6) is 5.75 Å². The van der Waals surface area contributed by atoms with Gasteiger partial charge in [0.05, 0.1) is 7.11 Å². The summed E-state index contributed by atoms with van der Waals surface area (Å²) in [6.07, 6.45) is 11.9. The Morgan fingerprint density at radius 3 is 2.64 bits per heavy atom. The zero-order valence-corrected chi connectivity index (χ0v) is 15.0. The van der Waals surface area contributed by atoms with Crippen LogP contribution in [0.4, 0.5) is 0 Å². The van der Waals surface area contributed by atoms with Gasteiger partial charge in [-0.15, -0.1) is 12.4 Å². The highest BCUT2D eigenvalue weighted by molar-refractivity contribution is 5.85. The summed E-state index contributed by atoms with van der Waals surface area (Å²) in [5.41, 5.74) is 2.98. The number of hydrogen-bond acceptors (Lipinski definition) is 2. The predicted molar refractivity (Wildman–Crippen MR) is 97.4 cm³/mol. The number of rotatable bonds is 9. The first-order valence-corrected chi connectivity index (χ1v) is 8.72. The van der Waals surface area contributed by atoms with Gasteiger partial charge in [-0.05, 0) is 55.5 Å². The van der Waals surface area contributed by atoms with Crippen molar-refractivity contribution in [3.05, 3.63) is 29.3 Å². The Morgan fingerprint density at radius 1 is 1.09 bits per heavy atom. The Labute approximate surface area is 142 Å². The highest BCUT2D eigenvalue weighted by atomic mass is 35.5. The molecule has 1 aliphatic rings. The highest BCUT2D eigenvalue weighted by Crippen LogP contribution is 2.25. The van der Waals surface area contributed by atoms with Gasteiger partial charge in [-0.2, -0.15) is 0 Å². The monoisotopic (exact) mass is 325 g/mol. The van der Waals surface area contributed by atoms with Gasteiger partial charge in [-0.3, -0.25) is 0 Å². The first kappa shape index (κ1) is 19.3. The summed E-state index contributed by atoms with van der Waals surface area (Å²) < 4.78 is 5.31. The van der Waals surface area contributed by atoms with E-state index in [0.29, 0.717) is 6.04 Å². The van der Waals surface area contributed by atoms with E-state index in [1.807, 2.05) is 0 Å². The molecule has 2 rings (SSSR count). The highest BCUT2D eigenvalue weighted by Gasteiger charge is 2.18. The topological polar surface area (TPSA) is 21.3 Å². The maximum Gasteiger partial charge on any atom is 0.119 e. The van der Waals surface area contributed by atoms with E-state index in [4.69, 9.17) is 4.74 Å². The van der Waals surface area contributed by atoms with Crippen LogP contribution in [0, 0.1) is 0 Å². The van der Waals surface area contributed by atoms with Crippen LogP contribution in [0.1, 0.15) is 63.0 Å². The molecule has 0 saturated carbocycles. The molecular weight excluding hydrogens is 294 g/mol. The molecule has 1 atom stereocenters. The molecule has 1 N–H and O–H groups in total. The molecule has 0 heterocycles. The fraction of sp³-hybridized carbons (Fsp3) is 0.684. The van der Waals surface area contributed by atoms with Gasteiger partial charge in [-0.1, -0.05) is 45.1 Å². The molecule has 0 amide bonds. The summed E-state index contributed by atoms with van der Waals surface area (Å²) in [6.45, 7) is 3.46. The molecular formula is C19H32ClNO. The van der Waals surface area contributed by atoms with Gasteiger partial charge in [0.1, 0.15) is 5.75 Å². The smallest absolute Gasteiger partial charge is 0.119 e. The van der Waals surface area contributed by atoms with Crippen LogP contribution in [0.25, 0.3) is 0 Å². The van der Waals surface area contributed by atoms with E-state index in [9.17, 15) is 0 Å². The lowest BCUT2D eigenvalue weighted by Gasteiger charge is -2.26. The zero-order valence-electron chi connectivity index (χ0n) is 14.2. The molecule has 1 aromatic carbocycles. The average Bonchev–Trinajstić information content (AvgIpc) is 2.53. The second-order valence-electron chi connectivity index (χ2n) is 6.30. The Bertz CT molecular complexity index is 422. The third kappa shape index (κ3) is 6.18. The van der Waals surface area contributed by atoms with Gasteiger partial charge in [0.25, 0.3) is 0 Å². The Kier molecular flexibility index (Phi) is 9.58. The van der Waals surface area contributed by atoms with Crippen molar-refractivity contribution < 1.29 is 4.74 Å². The maximum absolute atomic E-state index is 5.31. The number of unbranched alkanes of at least 4 members (excludes halogenated alkanes) is 5. The molecule has 1 unspecified atom stereocenters. The van der Waals surface area contributed by atoms with Gasteiger partial charge in [-0.25, -0.2) is 0 Å². The van der Waals surface area contributed by atoms with Crippen molar-refractivity contribution in [2.75, 3.05) is 13.7 Å². The molecule has 1 aromatic rings. The molecule has 0 aromatic heterocycles. The van der Waals surface area contributed by atoms with Crippen LogP contribution in [0.2, 0.25) is 0 Å². The molecule has 126 valence electrons. The molecule has 0 bridgehead atoms. The van der Waals surface area contributed by atoms with Gasteiger partial charge in [0.2, 0.25) is 0 Å². The molecule has 3 heteroatoms. The number of methoxy groups -OCH3 is 1. The number of aryl methyl sites for hydroxylation is 1. The van der Waals surface area contributed by atoms with Crippen LogP contribution in [-0.4, -0.2) is 19.7 Å². The van der Waals surface area contributed by atoms with Crippen molar-refractivity contribution in [1.29, 1.82) is 0 Å². The number of fused-ring (bicyclic) bond motifs is 1. The van der Waals surface area contributed by atoms with Crippen molar-refractivity contribution in [3.63, 3.8) is 0 Å². The normalized spacial score (nSPS) is 16.7. The van der Waals surface area contributed by atoms with Crippen LogP contribution in [0.3, 0.4) is 0 Å². The van der Waals surface area contributed by atoms with E-state index in [0.717, 1.165) is 5.75 Å². The van der Waals surface area contributed by atoms with E-state index in [-0.39, 0.29) is 12.4 Å². The molecule has 0 fully saturated rings. The van der Waals surface area contributed by atoms with E-state index in [1.165, 1.54) is 75.5 Å². The summed E-state index contributed by atoms with van der Waals surface area (Å²) in [4.78, 5) is 0. The van der Waals surface area contributed by atoms with Crippen LogP contribution in [0.15, 0.2) is 18.2 Å². The predicted octanol–water partition coefficient (Wildman–Crippen LogP) is 4.92. The second-order valence-corrected chi connectivity index (χ2v) is 6.30. The maximum atomic E-state index is 5.31. The van der Waals surface area contributed by atoms with E-state index < -0.39 is 0 Å². The molecule has 0 aliphatic heterocycles. The van der Waals surface area contributed by atoms with Crippen molar-refractivity contribution in [1.82, 2.24) is 5.32 Å². The fourth-order valence-electron chi connectivity index (χ4n) is 3.24. The Balaban J connectivity index is 0.00000242. The van der Waals surface area contributed by atoms with Gasteiger partial charge in [0.15, 0.2) is 0 Å². The lowest BCUT2D eigenvalue weighted by atomic mass is 9.88. The summed E-state index contributed by atoms with van der Waals surface area (Å²) >= 11 is 0. The van der Waals surface area contributed by atoms with Crippen molar-refractivity contribution in [2.45, 2.75) is 70.8 Å². The van der Waals surface area contributed by atoms with E-state index >= 15 is 0 Å². The molecule has 22 heavy (non-hydrogen) atoms. The van der Waals surface area contributed by atoms with Crippen molar-refractivity contribution in [2.24, 2.45) is 0 Å². The lowest BCUT2D eigenvalue weighted by Crippen LogP contribution is -2.35. The van der Waals surface area contributed by atoms with Crippen LogP contribution < -0.4 is 10.1 Å². The van der Waals surface area contributed by atoms with Gasteiger partial charge in [0, 0.05) is 6.04 Å². The minimum absolute atomic E-state index is 0. The lowest BCUT2D eigenvalue weighted by molar-refractivity contribution is 0.411. The Hall–Kier alpha value is -0.730. The number of nitrogens with one attached hydrogen (secondary N) is 1. The standard InChI is InChI=1S/C19H31NO.ClH/c1-3-4-5-6-7-8-13-20-18-11-9-17-15-19(21-2)12-10-16(17)14-18;/h10,12,15,18,20H,3-9,11,13-14H2,1-2H3;1H. The third-order valence-corrected chi connectivity index (χ3v) is 4.61. The number of benzene rings is 1. The summed E-state index contributed by atoms with van der Waals surface area (Å²) in [7, 11) is 1.75. The SMILES string of the molecule is CCCCCCCCNC1CCc2cc(OC)ccc2C1.Cl. The average molecular weight is 326 g/mol. The van der Waals surface area contributed by atoms with Crippen LogP contribution >= 0.6 is 12.4 Å². The molecule has 2 nitrogen and oxygen atoms in total. The number of hydrogen-bond donors (Lipinski definition) is 1. The van der Waals surface area contributed by atoms with Gasteiger partial charge >= 0.3 is 0 Å². The summed E-state index contributed by atoms with van der Waals surface area (Å²) in [6, 6.07) is 7.21. The van der Waals surface area contributed by atoms with E-state index in [2.05, 4.69) is 30.4 Å². The van der Waals surface area contributed by atoms with Crippen molar-refractivity contribution in [3.8, 4) is 5.75 Å². The second kappa shape index (κ2) is 10.9. The number of ether oxygens (including phenoxy) is 1. The summed E-state index contributed by atoms with van der Waals surface area (Å²) in [5, 5.41) is 3.75.